The van der Waals surface area contributed by atoms with Crippen LogP contribution in [0.5, 0.6) is 0 Å². The van der Waals surface area contributed by atoms with E-state index in [1.165, 1.54) is 64.7 Å². The average Bonchev–Trinajstić information content (AvgIpc) is 2.72. The molecule has 2 fully saturated rings. The zero-order valence-corrected chi connectivity index (χ0v) is 19.0. The second kappa shape index (κ2) is 56.8. The van der Waals surface area contributed by atoms with Crippen LogP contribution in [0.3, 0.4) is 0 Å². The van der Waals surface area contributed by atoms with Gasteiger partial charge in [-0.05, 0) is 58.9 Å². The van der Waals surface area contributed by atoms with E-state index >= 15 is 0 Å². The second-order valence-corrected chi connectivity index (χ2v) is 4.17. The Kier molecular flexibility index (Phi) is 92.7. The van der Waals surface area contributed by atoms with Gasteiger partial charge in [-0.15, -0.1) is 0 Å². The molecular formula is C22H58N2. The van der Waals surface area contributed by atoms with Gasteiger partial charge in [-0.3, -0.25) is 0 Å². The van der Waals surface area contributed by atoms with Crippen LogP contribution in [-0.4, -0.2) is 38.1 Å². The molecule has 2 heterocycles. The van der Waals surface area contributed by atoms with Crippen LogP contribution in [0.25, 0.3) is 0 Å². The molecule has 0 unspecified atom stereocenters. The van der Waals surface area contributed by atoms with Gasteiger partial charge in [0.15, 0.2) is 0 Å². The first-order valence-electron chi connectivity index (χ1n) is 10.8. The lowest BCUT2D eigenvalue weighted by Crippen LogP contribution is -2.24. The molecule has 0 amide bonds. The summed E-state index contributed by atoms with van der Waals surface area (Å²) < 4.78 is 0. The van der Waals surface area contributed by atoms with E-state index in [4.69, 9.17) is 0 Å². The minimum Gasteiger partial charge on any atom is -0.317 e. The molecule has 2 rings (SSSR count). The van der Waals surface area contributed by atoms with Crippen LogP contribution < -0.4 is 5.32 Å². The van der Waals surface area contributed by atoms with Crippen LogP contribution in [0.1, 0.15) is 115 Å². The minimum absolute atomic E-state index is 0. The summed E-state index contributed by atoms with van der Waals surface area (Å²) in [5, 5.41) is 3.28. The molecule has 24 heavy (non-hydrogen) atoms. The maximum atomic E-state index is 3.28. The highest BCUT2D eigenvalue weighted by Gasteiger charge is 2.02. The van der Waals surface area contributed by atoms with Gasteiger partial charge < -0.3 is 10.2 Å². The molecule has 0 radical (unpaired) electrons. The Labute approximate surface area is 159 Å². The predicted molar refractivity (Wildman–Crippen MR) is 122 cm³/mol. The Morgan fingerprint density at radius 1 is 0.500 bits per heavy atom. The van der Waals surface area contributed by atoms with Crippen molar-refractivity contribution in [3.8, 4) is 0 Å². The Hall–Kier alpha value is -0.0800. The lowest BCUT2D eigenvalue weighted by atomic mass is 10.1. The van der Waals surface area contributed by atoms with Crippen molar-refractivity contribution in [3.05, 3.63) is 0 Å². The van der Waals surface area contributed by atoms with Crippen LogP contribution >= 0.6 is 0 Å². The topological polar surface area (TPSA) is 15.3 Å². The van der Waals surface area contributed by atoms with E-state index in [2.05, 4.69) is 17.3 Å². The Balaban J connectivity index is -0.0000000438. The smallest absolute Gasteiger partial charge is 0.00218 e. The van der Waals surface area contributed by atoms with Crippen LogP contribution in [0.4, 0.5) is 0 Å². The van der Waals surface area contributed by atoms with Crippen molar-refractivity contribution >= 4 is 0 Å². The molecule has 2 aliphatic heterocycles. The molecular weight excluding hydrogens is 292 g/mol. The maximum Gasteiger partial charge on any atom is -0.00218 e. The number of hydrogen-bond acceptors (Lipinski definition) is 2. The summed E-state index contributed by atoms with van der Waals surface area (Å²) in [5.74, 6) is 0. The molecule has 0 saturated carbocycles. The van der Waals surface area contributed by atoms with Crippen molar-refractivity contribution in [2.24, 2.45) is 0 Å². The van der Waals surface area contributed by atoms with Gasteiger partial charge in [-0.1, -0.05) is 89.5 Å². The number of nitrogens with zero attached hydrogens (tertiary/aromatic N) is 1. The molecule has 0 spiro atoms. The predicted octanol–water partition coefficient (Wildman–Crippen LogP) is 7.63. The van der Waals surface area contributed by atoms with Crippen molar-refractivity contribution in [3.63, 3.8) is 0 Å². The third-order valence-corrected chi connectivity index (χ3v) is 2.79. The standard InChI is InChI=1S/C6H13N.C5H11N.5C2H6.CH4/c1-7-5-3-2-4-6-7;1-2-4-6-5-3-1;5*1-2;/h2-6H2,1H3;6H,1-5H2;5*1-2H3;1H4. The fourth-order valence-electron chi connectivity index (χ4n) is 1.85. The number of piperidine rings is 2. The van der Waals surface area contributed by atoms with Gasteiger partial charge in [0.1, 0.15) is 0 Å². The van der Waals surface area contributed by atoms with Crippen LogP contribution in [-0.2, 0) is 0 Å². The van der Waals surface area contributed by atoms with Crippen molar-refractivity contribution in [2.45, 2.75) is 115 Å². The largest absolute Gasteiger partial charge is 0.317 e. The Morgan fingerprint density at radius 2 is 0.792 bits per heavy atom. The molecule has 0 aromatic carbocycles. The molecule has 0 aromatic rings. The second-order valence-electron chi connectivity index (χ2n) is 4.17. The lowest BCUT2D eigenvalue weighted by Gasteiger charge is -2.20. The van der Waals surface area contributed by atoms with Gasteiger partial charge >= 0.3 is 0 Å². The molecule has 156 valence electrons. The average molecular weight is 351 g/mol. The summed E-state index contributed by atoms with van der Waals surface area (Å²) in [5.41, 5.74) is 0. The van der Waals surface area contributed by atoms with Gasteiger partial charge in [0.25, 0.3) is 0 Å². The molecule has 0 atom stereocenters. The first kappa shape index (κ1) is 39.1. The van der Waals surface area contributed by atoms with Crippen LogP contribution in [0.2, 0.25) is 0 Å². The lowest BCUT2D eigenvalue weighted by molar-refractivity contribution is 0.277. The highest BCUT2D eigenvalue weighted by atomic mass is 15.1. The minimum atomic E-state index is 0. The third kappa shape index (κ3) is 49.5. The zero-order chi connectivity index (χ0) is 19.4. The number of nitrogens with one attached hydrogen (secondary N) is 1. The van der Waals surface area contributed by atoms with E-state index in [0.29, 0.717) is 0 Å². The summed E-state index contributed by atoms with van der Waals surface area (Å²) in [7, 11) is 2.19. The van der Waals surface area contributed by atoms with E-state index in [0.717, 1.165) is 0 Å². The van der Waals surface area contributed by atoms with Crippen molar-refractivity contribution in [2.75, 3.05) is 33.2 Å². The number of rotatable bonds is 0. The van der Waals surface area contributed by atoms with Crippen molar-refractivity contribution < 1.29 is 0 Å². The van der Waals surface area contributed by atoms with E-state index in [-0.39, 0.29) is 7.43 Å². The number of likely N-dealkylation sites (tertiary alicyclic amines) is 1. The quantitative estimate of drug-likeness (QED) is 0.483. The molecule has 2 aliphatic rings. The van der Waals surface area contributed by atoms with Gasteiger partial charge in [0.05, 0.1) is 0 Å². The van der Waals surface area contributed by atoms with E-state index in [1.807, 2.05) is 69.2 Å². The van der Waals surface area contributed by atoms with Crippen molar-refractivity contribution in [1.82, 2.24) is 10.2 Å². The molecule has 1 N–H and O–H groups in total. The van der Waals surface area contributed by atoms with Crippen molar-refractivity contribution in [1.29, 1.82) is 0 Å². The monoisotopic (exact) mass is 350 g/mol. The fourth-order valence-corrected chi connectivity index (χ4v) is 1.85. The highest BCUT2D eigenvalue weighted by molar-refractivity contribution is 4.58. The molecule has 0 aromatic heterocycles. The molecule has 2 nitrogen and oxygen atoms in total. The first-order valence-corrected chi connectivity index (χ1v) is 10.8. The summed E-state index contributed by atoms with van der Waals surface area (Å²) in [6.07, 6.45) is 8.49. The normalized spacial score (nSPS) is 14.6. The van der Waals surface area contributed by atoms with E-state index in [1.54, 1.807) is 0 Å². The summed E-state index contributed by atoms with van der Waals surface area (Å²) in [6, 6.07) is 0. The highest BCUT2D eigenvalue weighted by Crippen LogP contribution is 2.04. The SMILES string of the molecule is C.C1CCNCC1.CC.CC.CC.CC.CC.CN1CCCCC1. The van der Waals surface area contributed by atoms with Crippen LogP contribution in [0, 0.1) is 0 Å². The molecule has 2 saturated heterocycles. The van der Waals surface area contributed by atoms with Crippen LogP contribution in [0.15, 0.2) is 0 Å². The van der Waals surface area contributed by atoms with Gasteiger partial charge in [0, 0.05) is 0 Å². The molecule has 0 aliphatic carbocycles. The van der Waals surface area contributed by atoms with Gasteiger partial charge in [-0.25, -0.2) is 0 Å². The fraction of sp³-hybridized carbons (Fsp3) is 1.00. The zero-order valence-electron chi connectivity index (χ0n) is 19.0. The Bertz CT molecular complexity index is 95.0. The summed E-state index contributed by atoms with van der Waals surface area (Å²) >= 11 is 0. The van der Waals surface area contributed by atoms with E-state index < -0.39 is 0 Å². The summed E-state index contributed by atoms with van der Waals surface area (Å²) in [6.45, 7) is 25.1. The molecule has 2 heteroatoms. The first-order chi connectivity index (χ1) is 11.4. The third-order valence-electron chi connectivity index (χ3n) is 2.79. The molecule has 0 bridgehead atoms. The number of hydrogen-bond donors (Lipinski definition) is 1. The van der Waals surface area contributed by atoms with E-state index in [9.17, 15) is 0 Å². The van der Waals surface area contributed by atoms with Gasteiger partial charge in [0.2, 0.25) is 0 Å². The Morgan fingerprint density at radius 3 is 0.917 bits per heavy atom. The maximum absolute atomic E-state index is 3.28. The summed E-state index contributed by atoms with van der Waals surface area (Å²) in [4.78, 5) is 2.39. The van der Waals surface area contributed by atoms with Gasteiger partial charge in [-0.2, -0.15) is 0 Å².